The number of benzene rings is 1. The molecule has 1 aromatic rings. The molecular formula is C12H16FNO5S2. The van der Waals surface area contributed by atoms with Gasteiger partial charge in [0.1, 0.15) is 0 Å². The van der Waals surface area contributed by atoms with Gasteiger partial charge in [-0.05, 0) is 49.9 Å². The summed E-state index contributed by atoms with van der Waals surface area (Å²) in [5, 5.41) is 9.53. The Balaban J connectivity index is 2.16. The first kappa shape index (κ1) is 16.3. The van der Waals surface area contributed by atoms with Gasteiger partial charge in [0.25, 0.3) is 0 Å². The Morgan fingerprint density at radius 3 is 2.14 bits per heavy atom. The Morgan fingerprint density at radius 1 is 1.05 bits per heavy atom. The molecule has 1 aromatic carbocycles. The smallest absolute Gasteiger partial charge is 0.332 e. The van der Waals surface area contributed by atoms with E-state index in [1.165, 1.54) is 0 Å². The molecule has 9 heteroatoms. The number of hydrogen-bond donors (Lipinski definition) is 2. The van der Waals surface area contributed by atoms with Crippen LogP contribution in [0.3, 0.4) is 0 Å². The Labute approximate surface area is 123 Å². The monoisotopic (exact) mass is 337 g/mol. The van der Waals surface area contributed by atoms with E-state index in [-0.39, 0.29) is 10.9 Å². The standard InChI is InChI=1S/C12H16FNO5S2/c13-20(16,17)11-4-6-12(7-5-11)21(18,19)14-9-2-1-3-10(15)8-9/h4-7,9-10,14-15H,1-3,8H2. The summed E-state index contributed by atoms with van der Waals surface area (Å²) in [5.41, 5.74) is 0. The molecule has 2 atom stereocenters. The van der Waals surface area contributed by atoms with Gasteiger partial charge < -0.3 is 5.11 Å². The third kappa shape index (κ3) is 4.22. The van der Waals surface area contributed by atoms with Crippen molar-refractivity contribution in [2.45, 2.75) is 47.6 Å². The summed E-state index contributed by atoms with van der Waals surface area (Å²) in [7, 11) is -8.67. The molecule has 0 radical (unpaired) electrons. The van der Waals surface area contributed by atoms with Crippen LogP contribution in [0.4, 0.5) is 3.89 Å². The molecule has 1 aliphatic rings. The first-order valence-electron chi connectivity index (χ1n) is 6.43. The Hall–Kier alpha value is -1.03. The van der Waals surface area contributed by atoms with E-state index < -0.39 is 31.2 Å². The highest BCUT2D eigenvalue weighted by atomic mass is 32.3. The van der Waals surface area contributed by atoms with Crippen LogP contribution in [0.5, 0.6) is 0 Å². The Kier molecular flexibility index (Phi) is 4.66. The fourth-order valence-electron chi connectivity index (χ4n) is 2.34. The molecule has 1 saturated carbocycles. The maximum Gasteiger partial charge on any atom is 0.332 e. The summed E-state index contributed by atoms with van der Waals surface area (Å²) in [6.07, 6.45) is 1.84. The summed E-state index contributed by atoms with van der Waals surface area (Å²) in [6.45, 7) is 0. The van der Waals surface area contributed by atoms with Gasteiger partial charge in [-0.2, -0.15) is 8.42 Å². The molecule has 21 heavy (non-hydrogen) atoms. The largest absolute Gasteiger partial charge is 0.393 e. The van der Waals surface area contributed by atoms with Crippen LogP contribution in [0.2, 0.25) is 0 Å². The SMILES string of the molecule is O=S(=O)(F)c1ccc(S(=O)(=O)NC2CCCC(O)C2)cc1. The Morgan fingerprint density at radius 2 is 1.62 bits per heavy atom. The molecule has 0 saturated heterocycles. The van der Waals surface area contributed by atoms with Gasteiger partial charge >= 0.3 is 10.2 Å². The van der Waals surface area contributed by atoms with Gasteiger partial charge in [0.2, 0.25) is 10.0 Å². The molecule has 118 valence electrons. The molecule has 6 nitrogen and oxygen atoms in total. The maximum absolute atomic E-state index is 12.7. The second-order valence-corrected chi connectivity index (χ2v) is 8.11. The third-order valence-electron chi connectivity index (χ3n) is 3.38. The summed E-state index contributed by atoms with van der Waals surface area (Å²) >= 11 is 0. The lowest BCUT2D eigenvalue weighted by atomic mass is 9.94. The van der Waals surface area contributed by atoms with Gasteiger partial charge in [-0.3, -0.25) is 0 Å². The fourth-order valence-corrected chi connectivity index (χ4v) is 4.08. The second kappa shape index (κ2) is 5.99. The van der Waals surface area contributed by atoms with Crippen molar-refractivity contribution in [1.29, 1.82) is 0 Å². The summed E-state index contributed by atoms with van der Waals surface area (Å²) < 4.78 is 60.9. The lowest BCUT2D eigenvalue weighted by Gasteiger charge is -2.26. The molecular weight excluding hydrogens is 321 g/mol. The van der Waals surface area contributed by atoms with E-state index in [1.54, 1.807) is 0 Å². The quantitative estimate of drug-likeness (QED) is 0.796. The number of sulfonamides is 1. The van der Waals surface area contributed by atoms with Gasteiger partial charge in [0.15, 0.2) is 0 Å². The van der Waals surface area contributed by atoms with Crippen molar-refractivity contribution < 1.29 is 25.8 Å². The molecule has 2 unspecified atom stereocenters. The van der Waals surface area contributed by atoms with Gasteiger partial charge in [0, 0.05) is 6.04 Å². The Bertz CT molecular complexity index is 700. The summed E-state index contributed by atoms with van der Waals surface area (Å²) in [5.74, 6) is 0. The highest BCUT2D eigenvalue weighted by molar-refractivity contribution is 7.89. The molecule has 1 aliphatic carbocycles. The van der Waals surface area contributed by atoms with Crippen molar-refractivity contribution in [3.05, 3.63) is 24.3 Å². The highest BCUT2D eigenvalue weighted by Crippen LogP contribution is 2.21. The van der Waals surface area contributed by atoms with Crippen LogP contribution in [0.25, 0.3) is 0 Å². The number of nitrogens with one attached hydrogen (secondary N) is 1. The molecule has 0 bridgehead atoms. The molecule has 2 rings (SSSR count). The fraction of sp³-hybridized carbons (Fsp3) is 0.500. The van der Waals surface area contributed by atoms with Crippen LogP contribution in [0.1, 0.15) is 25.7 Å². The first-order chi connectivity index (χ1) is 9.68. The van der Waals surface area contributed by atoms with E-state index in [1.807, 2.05) is 0 Å². The minimum atomic E-state index is -4.85. The average molecular weight is 337 g/mol. The van der Waals surface area contributed by atoms with Crippen molar-refractivity contribution in [2.24, 2.45) is 0 Å². The highest BCUT2D eigenvalue weighted by Gasteiger charge is 2.25. The van der Waals surface area contributed by atoms with Crippen LogP contribution in [-0.2, 0) is 20.2 Å². The lowest BCUT2D eigenvalue weighted by Crippen LogP contribution is -2.39. The summed E-state index contributed by atoms with van der Waals surface area (Å²) in [4.78, 5) is -0.732. The molecule has 2 N–H and O–H groups in total. The molecule has 0 spiro atoms. The van der Waals surface area contributed by atoms with Gasteiger partial charge in [-0.25, -0.2) is 13.1 Å². The van der Waals surface area contributed by atoms with Crippen LogP contribution in [0, 0.1) is 0 Å². The second-order valence-electron chi connectivity index (χ2n) is 5.05. The van der Waals surface area contributed by atoms with E-state index in [4.69, 9.17) is 0 Å². The predicted octanol–water partition coefficient (Wildman–Crippen LogP) is 0.927. The van der Waals surface area contributed by atoms with E-state index >= 15 is 0 Å². The third-order valence-corrected chi connectivity index (χ3v) is 5.76. The zero-order valence-electron chi connectivity index (χ0n) is 11.1. The molecule has 0 aromatic heterocycles. The first-order valence-corrected chi connectivity index (χ1v) is 9.30. The van der Waals surface area contributed by atoms with Crippen molar-refractivity contribution in [3.8, 4) is 0 Å². The summed E-state index contributed by atoms with van der Waals surface area (Å²) in [6, 6.07) is 3.52. The van der Waals surface area contributed by atoms with Crippen molar-refractivity contribution >= 4 is 20.2 Å². The van der Waals surface area contributed by atoms with E-state index in [0.717, 1.165) is 30.7 Å². The zero-order valence-corrected chi connectivity index (χ0v) is 12.7. The van der Waals surface area contributed by atoms with Crippen LogP contribution in [-0.4, -0.2) is 34.1 Å². The van der Waals surface area contributed by atoms with Crippen LogP contribution >= 0.6 is 0 Å². The van der Waals surface area contributed by atoms with Crippen molar-refractivity contribution in [1.82, 2.24) is 4.72 Å². The molecule has 0 heterocycles. The maximum atomic E-state index is 12.7. The molecule has 0 aliphatic heterocycles. The van der Waals surface area contributed by atoms with Crippen molar-refractivity contribution in [2.75, 3.05) is 0 Å². The topological polar surface area (TPSA) is 101 Å². The van der Waals surface area contributed by atoms with E-state index in [0.29, 0.717) is 19.3 Å². The number of halogens is 1. The van der Waals surface area contributed by atoms with Crippen molar-refractivity contribution in [3.63, 3.8) is 0 Å². The average Bonchev–Trinajstić information content (AvgIpc) is 2.37. The minimum Gasteiger partial charge on any atom is -0.393 e. The lowest BCUT2D eigenvalue weighted by molar-refractivity contribution is 0.117. The predicted molar refractivity (Wildman–Crippen MR) is 73.3 cm³/mol. The van der Waals surface area contributed by atoms with Gasteiger partial charge in [0.05, 0.1) is 15.9 Å². The number of rotatable bonds is 4. The van der Waals surface area contributed by atoms with Gasteiger partial charge in [-0.15, -0.1) is 3.89 Å². The minimum absolute atomic E-state index is 0.144. The number of aliphatic hydroxyl groups excluding tert-OH is 1. The van der Waals surface area contributed by atoms with Crippen LogP contribution in [0.15, 0.2) is 34.1 Å². The van der Waals surface area contributed by atoms with E-state index in [9.17, 15) is 25.8 Å². The van der Waals surface area contributed by atoms with E-state index in [2.05, 4.69) is 4.72 Å². The molecule has 1 fully saturated rings. The number of hydrogen-bond acceptors (Lipinski definition) is 5. The van der Waals surface area contributed by atoms with Crippen LogP contribution < -0.4 is 4.72 Å². The molecule has 0 amide bonds. The normalized spacial score (nSPS) is 23.9. The zero-order chi connectivity index (χ0) is 15.7. The van der Waals surface area contributed by atoms with Gasteiger partial charge in [-0.1, -0.05) is 0 Å². The number of aliphatic hydroxyl groups is 1.